The number of carbonyl (C=O) groups is 1. The van der Waals surface area contributed by atoms with Crippen LogP contribution >= 0.6 is 22.9 Å². The van der Waals surface area contributed by atoms with Crippen molar-refractivity contribution < 1.29 is 32.2 Å². The van der Waals surface area contributed by atoms with E-state index in [9.17, 15) is 22.8 Å². The Bertz CT molecular complexity index is 1920. The number of aryl methyl sites for hydroxylation is 3. The first kappa shape index (κ1) is 34.3. The highest BCUT2D eigenvalue weighted by Gasteiger charge is 2.41. The zero-order chi connectivity index (χ0) is 34.4. The van der Waals surface area contributed by atoms with Gasteiger partial charge < -0.3 is 9.47 Å². The Morgan fingerprint density at radius 1 is 1.15 bits per heavy atom. The number of nitrogens with zero attached hydrogens (tertiary/aromatic N) is 4. The van der Waals surface area contributed by atoms with Crippen molar-refractivity contribution in [2.45, 2.75) is 77.4 Å². The molecule has 1 atom stereocenters. The first-order valence-corrected chi connectivity index (χ1v) is 17.0. The van der Waals surface area contributed by atoms with Crippen molar-refractivity contribution in [1.82, 2.24) is 19.4 Å². The summed E-state index contributed by atoms with van der Waals surface area (Å²) in [4.78, 5) is 37.9. The van der Waals surface area contributed by atoms with Crippen LogP contribution in [0.25, 0.3) is 21.3 Å². The van der Waals surface area contributed by atoms with Gasteiger partial charge in [0.05, 0.1) is 41.2 Å². The molecule has 0 bridgehead atoms. The molecule has 0 N–H and O–H groups in total. The molecule has 0 saturated carbocycles. The number of thiophene rings is 1. The Labute approximate surface area is 284 Å². The van der Waals surface area contributed by atoms with Crippen molar-refractivity contribution in [3.63, 3.8) is 0 Å². The van der Waals surface area contributed by atoms with Crippen LogP contribution in [0.2, 0.25) is 5.02 Å². The van der Waals surface area contributed by atoms with Gasteiger partial charge in [-0.25, -0.2) is 9.78 Å². The van der Waals surface area contributed by atoms with E-state index >= 15 is 0 Å². The van der Waals surface area contributed by atoms with E-state index in [1.54, 1.807) is 35.1 Å². The molecule has 9 nitrogen and oxygen atoms in total. The van der Waals surface area contributed by atoms with Crippen molar-refractivity contribution in [3.8, 4) is 16.9 Å². The number of hydrogen-bond acceptors (Lipinski definition) is 9. The van der Waals surface area contributed by atoms with Gasteiger partial charge >= 0.3 is 12.3 Å². The van der Waals surface area contributed by atoms with E-state index in [1.165, 1.54) is 18.4 Å². The van der Waals surface area contributed by atoms with Gasteiger partial charge in [-0.2, -0.15) is 0 Å². The number of hydrogen-bond donors (Lipinski definition) is 0. The molecule has 1 aliphatic heterocycles. The Kier molecular flexibility index (Phi) is 9.60. The summed E-state index contributed by atoms with van der Waals surface area (Å²) in [7, 11) is 1.33. The summed E-state index contributed by atoms with van der Waals surface area (Å²) in [5.41, 5.74) is 4.10. The molecule has 0 amide bonds. The van der Waals surface area contributed by atoms with Crippen LogP contribution in [0.3, 0.4) is 0 Å². The quantitative estimate of drug-likeness (QED) is 0.183. The number of aromatic nitrogens is 3. The third kappa shape index (κ3) is 6.96. The second-order valence-electron chi connectivity index (χ2n) is 12.6. The number of benzene rings is 1. The molecule has 1 saturated heterocycles. The average molecular weight is 705 g/mol. The largest absolute Gasteiger partial charge is 0.522 e. The second-order valence-corrected chi connectivity index (χ2v) is 13.9. The number of piperidine rings is 1. The first-order valence-electron chi connectivity index (χ1n) is 15.7. The molecule has 1 aromatic carbocycles. The van der Waals surface area contributed by atoms with Crippen LogP contribution in [0.5, 0.6) is 5.75 Å². The highest BCUT2D eigenvalue weighted by molar-refractivity contribution is 7.18. The van der Waals surface area contributed by atoms with E-state index in [0.717, 1.165) is 27.9 Å². The molecule has 0 spiro atoms. The highest BCUT2D eigenvalue weighted by Crippen LogP contribution is 2.41. The fraction of sp³-hybridized carbons (Fsp3) is 0.471. The molecule has 0 radical (unpaired) electrons. The highest BCUT2D eigenvalue weighted by atomic mass is 35.5. The number of ether oxygens (including phenoxy) is 3. The molecular weight excluding hydrogens is 669 g/mol. The van der Waals surface area contributed by atoms with Crippen molar-refractivity contribution in [2.24, 2.45) is 0 Å². The molecule has 48 heavy (non-hydrogen) atoms. The molecule has 1 fully saturated rings. The summed E-state index contributed by atoms with van der Waals surface area (Å²) in [6.45, 7) is 7.09. The molecule has 3 aromatic heterocycles. The van der Waals surface area contributed by atoms with Gasteiger partial charge in [0, 0.05) is 51.4 Å². The normalized spacial score (nSPS) is 19.0. The molecule has 1 unspecified atom stereocenters. The molecule has 4 aromatic rings. The predicted octanol–water partition coefficient (Wildman–Crippen LogP) is 6.90. The molecule has 14 heteroatoms. The predicted molar refractivity (Wildman–Crippen MR) is 177 cm³/mol. The summed E-state index contributed by atoms with van der Waals surface area (Å²) in [5.74, 6) is 0.682. The van der Waals surface area contributed by atoms with Crippen molar-refractivity contribution in [1.29, 1.82) is 0 Å². The number of likely N-dealkylation sites (tertiary alicyclic amines) is 1. The van der Waals surface area contributed by atoms with Gasteiger partial charge in [0.1, 0.15) is 18.2 Å². The number of carbonyl (C=O) groups excluding carboxylic acids is 1. The maximum absolute atomic E-state index is 13.9. The zero-order valence-electron chi connectivity index (χ0n) is 27.1. The molecular formula is C34H36ClF3N4O5S. The number of methoxy groups -OCH3 is 1. The van der Waals surface area contributed by atoms with Gasteiger partial charge in [-0.1, -0.05) is 11.6 Å². The second kappa shape index (κ2) is 13.4. The monoisotopic (exact) mass is 704 g/mol. The summed E-state index contributed by atoms with van der Waals surface area (Å²) in [5, 5.41) is 2.24. The lowest BCUT2D eigenvalue weighted by Crippen LogP contribution is -2.55. The standard InChI is InChI=1S/C34H36ClF3N4O5S/c1-19-15-24(30-29(39-19)26(18-48-30)32(44)45-4)23-16-21(35)5-6-28(23)46-14-13-42-20(2)40-27-7-10-33(3,17-25(27)31(42)43)41-11-8-22(9-12-41)47-34(36,37)38/h5-6,15-16,18,22H,7-14,17H2,1-4H3. The maximum Gasteiger partial charge on any atom is 0.522 e. The minimum Gasteiger partial charge on any atom is -0.491 e. The Hall–Kier alpha value is -3.52. The van der Waals surface area contributed by atoms with E-state index in [2.05, 4.69) is 21.5 Å². The van der Waals surface area contributed by atoms with Crippen LogP contribution in [0.1, 0.15) is 59.3 Å². The topological polar surface area (TPSA) is 95.8 Å². The smallest absolute Gasteiger partial charge is 0.491 e. The lowest BCUT2D eigenvalue weighted by molar-refractivity contribution is -0.346. The molecule has 1 aliphatic carbocycles. The van der Waals surface area contributed by atoms with Crippen molar-refractivity contribution in [3.05, 3.63) is 73.4 Å². The van der Waals surface area contributed by atoms with E-state index < -0.39 is 18.4 Å². The lowest BCUT2D eigenvalue weighted by atomic mass is 9.79. The fourth-order valence-corrected chi connectivity index (χ4v) is 8.09. The number of halogens is 4. The van der Waals surface area contributed by atoms with Crippen LogP contribution in [0, 0.1) is 13.8 Å². The van der Waals surface area contributed by atoms with Crippen LogP contribution in [-0.4, -0.2) is 70.2 Å². The van der Waals surface area contributed by atoms with Crippen molar-refractivity contribution in [2.75, 3.05) is 26.8 Å². The summed E-state index contributed by atoms with van der Waals surface area (Å²) >= 11 is 7.82. The van der Waals surface area contributed by atoms with Crippen LogP contribution in [0.4, 0.5) is 13.2 Å². The van der Waals surface area contributed by atoms with E-state index in [0.29, 0.717) is 64.9 Å². The van der Waals surface area contributed by atoms with Crippen LogP contribution < -0.4 is 10.3 Å². The minimum absolute atomic E-state index is 0.126. The molecule has 2 aliphatic rings. The number of esters is 1. The molecule has 256 valence electrons. The Balaban J connectivity index is 1.21. The molecule has 4 heterocycles. The fourth-order valence-electron chi connectivity index (χ4n) is 6.91. The van der Waals surface area contributed by atoms with Gasteiger partial charge in [-0.3, -0.25) is 24.0 Å². The lowest BCUT2D eigenvalue weighted by Gasteiger charge is -2.47. The zero-order valence-corrected chi connectivity index (χ0v) is 28.7. The van der Waals surface area contributed by atoms with Crippen LogP contribution in [-0.2, 0) is 28.9 Å². The average Bonchev–Trinajstić information content (AvgIpc) is 3.46. The Morgan fingerprint density at radius 3 is 2.60 bits per heavy atom. The summed E-state index contributed by atoms with van der Waals surface area (Å²) in [6.07, 6.45) is -3.08. The summed E-state index contributed by atoms with van der Waals surface area (Å²) in [6, 6.07) is 7.24. The van der Waals surface area contributed by atoms with Gasteiger partial charge in [-0.05, 0) is 77.1 Å². The number of rotatable bonds is 8. The third-order valence-corrected chi connectivity index (χ3v) is 10.6. The number of alkyl halides is 3. The number of pyridine rings is 1. The maximum atomic E-state index is 13.9. The van der Waals surface area contributed by atoms with Crippen molar-refractivity contribution >= 4 is 39.1 Å². The number of fused-ring (bicyclic) bond motifs is 2. The van der Waals surface area contributed by atoms with Gasteiger partial charge in [0.15, 0.2) is 0 Å². The first-order chi connectivity index (χ1) is 22.8. The Morgan fingerprint density at radius 2 is 1.90 bits per heavy atom. The van der Waals surface area contributed by atoms with E-state index in [-0.39, 0.29) is 37.1 Å². The van der Waals surface area contributed by atoms with Gasteiger partial charge in [0.25, 0.3) is 5.56 Å². The SMILES string of the molecule is COC(=O)c1csc2c(-c3cc(Cl)ccc3OCCn3c(C)nc4c(c3=O)CC(C)(N3CCC(OC(F)(F)F)CC3)CC4)cc(C)nc12. The van der Waals surface area contributed by atoms with E-state index in [4.69, 9.17) is 26.1 Å². The van der Waals surface area contributed by atoms with E-state index in [1.807, 2.05) is 13.0 Å². The molecule has 6 rings (SSSR count). The van der Waals surface area contributed by atoms with Gasteiger partial charge in [-0.15, -0.1) is 24.5 Å². The van der Waals surface area contributed by atoms with Crippen LogP contribution in [0.15, 0.2) is 34.4 Å². The third-order valence-electron chi connectivity index (χ3n) is 9.36. The summed E-state index contributed by atoms with van der Waals surface area (Å²) < 4.78 is 56.2. The minimum atomic E-state index is -4.64. The van der Waals surface area contributed by atoms with Gasteiger partial charge in [0.2, 0.25) is 0 Å².